The maximum Gasteiger partial charge on any atom is 0.257 e. The van der Waals surface area contributed by atoms with Crippen LogP contribution < -0.4 is 4.90 Å². The quantitative estimate of drug-likeness (QED) is 0.478. The number of pyridine rings is 1. The summed E-state index contributed by atoms with van der Waals surface area (Å²) >= 11 is 1.21. The van der Waals surface area contributed by atoms with Crippen molar-refractivity contribution in [2.45, 2.75) is 62.6 Å². The summed E-state index contributed by atoms with van der Waals surface area (Å²) in [5.74, 6) is -0.767. The Labute approximate surface area is 197 Å². The smallest absolute Gasteiger partial charge is 0.257 e. The number of carbonyl (C=O) groups excluding carboxylic acids is 3. The highest BCUT2D eigenvalue weighted by molar-refractivity contribution is 8.00. The van der Waals surface area contributed by atoms with Crippen molar-refractivity contribution in [3.05, 3.63) is 53.7 Å². The molecule has 0 spiro atoms. The molecule has 2 aromatic rings. The van der Waals surface area contributed by atoms with Crippen LogP contribution in [0.25, 0.3) is 0 Å². The van der Waals surface area contributed by atoms with Gasteiger partial charge < -0.3 is 4.90 Å². The number of nitrogens with zero attached hydrogens (tertiary/aromatic N) is 4. The van der Waals surface area contributed by atoms with E-state index in [9.17, 15) is 19.6 Å². The third-order valence-electron chi connectivity index (χ3n) is 6.18. The predicted molar refractivity (Wildman–Crippen MR) is 125 cm³/mol. The van der Waals surface area contributed by atoms with Gasteiger partial charge in [-0.25, -0.2) is 9.88 Å². The van der Waals surface area contributed by atoms with Crippen LogP contribution in [-0.4, -0.2) is 45.4 Å². The fourth-order valence-electron chi connectivity index (χ4n) is 4.61. The summed E-state index contributed by atoms with van der Waals surface area (Å²) in [6.45, 7) is 1.84. The van der Waals surface area contributed by atoms with Crippen LogP contribution in [0.1, 0.15) is 49.8 Å². The molecular formula is C25H26N4O3S. The van der Waals surface area contributed by atoms with Gasteiger partial charge in [0.2, 0.25) is 11.8 Å². The number of hydrogen-bond acceptors (Lipinski definition) is 6. The summed E-state index contributed by atoms with van der Waals surface area (Å²) in [7, 11) is 0. The number of thioether (sulfide) groups is 1. The van der Waals surface area contributed by atoms with Crippen LogP contribution >= 0.6 is 11.8 Å². The Kier molecular flexibility index (Phi) is 7.09. The van der Waals surface area contributed by atoms with Crippen molar-refractivity contribution >= 4 is 35.2 Å². The lowest BCUT2D eigenvalue weighted by Crippen LogP contribution is -2.52. The van der Waals surface area contributed by atoms with Gasteiger partial charge in [-0.3, -0.25) is 14.4 Å². The Hall–Kier alpha value is -3.18. The van der Waals surface area contributed by atoms with Crippen LogP contribution in [0.4, 0.5) is 5.69 Å². The van der Waals surface area contributed by atoms with E-state index in [4.69, 9.17) is 0 Å². The van der Waals surface area contributed by atoms with Crippen molar-refractivity contribution < 1.29 is 14.4 Å². The molecule has 2 fully saturated rings. The van der Waals surface area contributed by atoms with Crippen molar-refractivity contribution in [2.24, 2.45) is 0 Å². The van der Waals surface area contributed by atoms with Crippen molar-refractivity contribution in [1.82, 2.24) is 9.88 Å². The second-order valence-corrected chi connectivity index (χ2v) is 9.39. The molecule has 4 rings (SSSR count). The van der Waals surface area contributed by atoms with Gasteiger partial charge in [0, 0.05) is 11.7 Å². The lowest BCUT2D eigenvalue weighted by atomic mass is 9.92. The van der Waals surface area contributed by atoms with Crippen molar-refractivity contribution in [3.63, 3.8) is 0 Å². The lowest BCUT2D eigenvalue weighted by molar-refractivity contribution is -0.139. The number of hydrogen-bond donors (Lipinski definition) is 0. The molecule has 1 aromatic carbocycles. The van der Waals surface area contributed by atoms with Crippen LogP contribution in [0.3, 0.4) is 0 Å². The maximum atomic E-state index is 13.5. The Morgan fingerprint density at radius 1 is 1.15 bits per heavy atom. The minimum Gasteiger partial charge on any atom is -0.326 e. The predicted octanol–water partition coefficient (Wildman–Crippen LogP) is 3.85. The summed E-state index contributed by atoms with van der Waals surface area (Å²) < 4.78 is 0. The second kappa shape index (κ2) is 10.2. The molecular weight excluding hydrogens is 436 g/mol. The molecule has 0 bridgehead atoms. The number of para-hydroxylation sites is 1. The molecule has 1 saturated carbocycles. The summed E-state index contributed by atoms with van der Waals surface area (Å²) in [5, 5.41) is 9.88. The highest BCUT2D eigenvalue weighted by Gasteiger charge is 2.46. The van der Waals surface area contributed by atoms with Gasteiger partial charge in [-0.05, 0) is 44.0 Å². The molecule has 1 unspecified atom stereocenters. The zero-order chi connectivity index (χ0) is 23.4. The molecule has 1 aliphatic heterocycles. The van der Waals surface area contributed by atoms with E-state index in [2.05, 4.69) is 11.1 Å². The van der Waals surface area contributed by atoms with E-state index < -0.39 is 6.04 Å². The van der Waals surface area contributed by atoms with Gasteiger partial charge in [0.25, 0.3) is 5.91 Å². The van der Waals surface area contributed by atoms with Crippen LogP contribution in [0.15, 0.2) is 47.5 Å². The number of anilines is 1. The fraction of sp³-hybridized carbons (Fsp3) is 0.400. The number of nitriles is 1. The summed E-state index contributed by atoms with van der Waals surface area (Å²) in [5.41, 5.74) is 1.72. The first-order chi connectivity index (χ1) is 16.0. The van der Waals surface area contributed by atoms with E-state index in [0.717, 1.165) is 37.8 Å². The molecule has 170 valence electrons. The molecule has 1 aromatic heterocycles. The molecule has 1 atom stereocenters. The molecule has 3 amide bonds. The van der Waals surface area contributed by atoms with Gasteiger partial charge in [0.15, 0.2) is 0 Å². The largest absolute Gasteiger partial charge is 0.326 e. The maximum absolute atomic E-state index is 13.5. The molecule has 33 heavy (non-hydrogen) atoms. The Bertz CT molecular complexity index is 1090. The van der Waals surface area contributed by atoms with Crippen LogP contribution in [0.5, 0.6) is 0 Å². The molecule has 7 nitrogen and oxygen atoms in total. The molecule has 8 heteroatoms. The van der Waals surface area contributed by atoms with Crippen LogP contribution in [0, 0.1) is 18.3 Å². The van der Waals surface area contributed by atoms with E-state index in [1.54, 1.807) is 41.3 Å². The number of aromatic nitrogens is 1. The average Bonchev–Trinajstić information content (AvgIpc) is 3.12. The molecule has 0 radical (unpaired) electrons. The van der Waals surface area contributed by atoms with Gasteiger partial charge in [-0.15, -0.1) is 0 Å². The Balaban J connectivity index is 1.57. The van der Waals surface area contributed by atoms with E-state index in [0.29, 0.717) is 16.3 Å². The second-order valence-electron chi connectivity index (χ2n) is 8.42. The molecule has 1 aliphatic carbocycles. The monoisotopic (exact) mass is 462 g/mol. The average molecular weight is 463 g/mol. The molecule has 0 N–H and O–H groups in total. The SMILES string of the molecule is Cc1ccc(C#N)c(SCC(=O)N(C2CCCCC2)C2CC(=O)N(c3ccccc3)C2=O)n1. The topological polar surface area (TPSA) is 94.4 Å². The van der Waals surface area contributed by atoms with Gasteiger partial charge in [-0.2, -0.15) is 5.26 Å². The standard InChI is InChI=1S/C25H26N4O3S/c1-17-12-13-18(15-26)24(27-17)33-16-23(31)28(19-8-4-2-5-9-19)21-14-22(30)29(25(21)32)20-10-6-3-7-11-20/h3,6-7,10-13,19,21H,2,4-5,8-9,14,16H2,1H3. The number of rotatable bonds is 6. The first-order valence-corrected chi connectivity index (χ1v) is 12.2. The van der Waals surface area contributed by atoms with Gasteiger partial charge >= 0.3 is 0 Å². The normalized spacial score (nSPS) is 18.9. The van der Waals surface area contributed by atoms with Crippen LogP contribution in [-0.2, 0) is 14.4 Å². The first kappa shape index (κ1) is 23.0. The molecule has 1 saturated heterocycles. The zero-order valence-corrected chi connectivity index (χ0v) is 19.4. The highest BCUT2D eigenvalue weighted by Crippen LogP contribution is 2.32. The van der Waals surface area contributed by atoms with Gasteiger partial charge in [-0.1, -0.05) is 49.2 Å². The van der Waals surface area contributed by atoms with Gasteiger partial charge in [0.1, 0.15) is 17.1 Å². The van der Waals surface area contributed by atoms with E-state index >= 15 is 0 Å². The zero-order valence-electron chi connectivity index (χ0n) is 18.6. The fourth-order valence-corrected chi connectivity index (χ4v) is 5.49. The Morgan fingerprint density at radius 2 is 1.88 bits per heavy atom. The third kappa shape index (κ3) is 4.93. The van der Waals surface area contributed by atoms with Gasteiger partial charge in [0.05, 0.1) is 23.4 Å². The van der Waals surface area contributed by atoms with E-state index in [1.807, 2.05) is 13.0 Å². The number of benzene rings is 1. The number of carbonyl (C=O) groups is 3. The van der Waals surface area contributed by atoms with Crippen molar-refractivity contribution in [1.29, 1.82) is 5.26 Å². The molecule has 2 aliphatic rings. The third-order valence-corrected chi connectivity index (χ3v) is 7.16. The molecule has 2 heterocycles. The van der Waals surface area contributed by atoms with Crippen molar-refractivity contribution in [3.8, 4) is 6.07 Å². The lowest BCUT2D eigenvalue weighted by Gasteiger charge is -2.37. The minimum absolute atomic E-state index is 0.00717. The number of aryl methyl sites for hydroxylation is 1. The van der Waals surface area contributed by atoms with E-state index in [-0.39, 0.29) is 35.9 Å². The van der Waals surface area contributed by atoms with Crippen molar-refractivity contribution in [2.75, 3.05) is 10.7 Å². The summed E-state index contributed by atoms with van der Waals surface area (Å²) in [6.07, 6.45) is 4.75. The Morgan fingerprint density at radius 3 is 2.58 bits per heavy atom. The van der Waals surface area contributed by atoms with E-state index in [1.165, 1.54) is 16.7 Å². The minimum atomic E-state index is -0.796. The summed E-state index contributed by atoms with van der Waals surface area (Å²) in [6, 6.07) is 13.6. The highest BCUT2D eigenvalue weighted by atomic mass is 32.2. The number of amides is 3. The summed E-state index contributed by atoms with van der Waals surface area (Å²) in [4.78, 5) is 47.0. The first-order valence-electron chi connectivity index (χ1n) is 11.2. The van der Waals surface area contributed by atoms with Crippen LogP contribution in [0.2, 0.25) is 0 Å². The number of imide groups is 1.